The van der Waals surface area contributed by atoms with Gasteiger partial charge < -0.3 is 0 Å². The second-order valence-corrected chi connectivity index (χ2v) is 5.80. The van der Waals surface area contributed by atoms with Crippen molar-refractivity contribution in [2.75, 3.05) is 6.54 Å². The quantitative estimate of drug-likeness (QED) is 0.361. The molecular weight excluding hydrogens is 242 g/mol. The molecule has 0 amide bonds. The number of Topliss-reactive ketones (excluding diaryl/α,β-unsaturated/α-hetero) is 1. The molecule has 2 atom stereocenters. The van der Waals surface area contributed by atoms with E-state index in [1.807, 2.05) is 0 Å². The van der Waals surface area contributed by atoms with E-state index in [9.17, 15) is 14.9 Å². The molecule has 0 aromatic carbocycles. The highest BCUT2D eigenvalue weighted by atomic mass is 16.6. The molecule has 1 saturated carbocycles. The van der Waals surface area contributed by atoms with Crippen molar-refractivity contribution in [3.63, 3.8) is 0 Å². The summed E-state index contributed by atoms with van der Waals surface area (Å²) >= 11 is 0. The van der Waals surface area contributed by atoms with Crippen molar-refractivity contribution in [1.82, 2.24) is 0 Å². The Morgan fingerprint density at radius 1 is 1.26 bits per heavy atom. The molecule has 0 N–H and O–H groups in total. The lowest BCUT2D eigenvalue weighted by Crippen LogP contribution is -2.31. The van der Waals surface area contributed by atoms with Crippen molar-refractivity contribution in [1.29, 1.82) is 0 Å². The van der Waals surface area contributed by atoms with E-state index in [-0.39, 0.29) is 29.1 Å². The first kappa shape index (κ1) is 16.1. The molecule has 0 aliphatic heterocycles. The Kier molecular flexibility index (Phi) is 7.68. The summed E-state index contributed by atoms with van der Waals surface area (Å²) in [5, 5.41) is 10.8. The van der Waals surface area contributed by atoms with Crippen molar-refractivity contribution >= 4 is 5.78 Å². The first-order chi connectivity index (χ1) is 9.15. The van der Waals surface area contributed by atoms with Gasteiger partial charge in [0.05, 0.1) is 0 Å². The lowest BCUT2D eigenvalue weighted by atomic mass is 9.77. The predicted molar refractivity (Wildman–Crippen MR) is 75.7 cm³/mol. The number of hydrogen-bond donors (Lipinski definition) is 0. The Balaban J connectivity index is 2.41. The highest BCUT2D eigenvalue weighted by Gasteiger charge is 2.32. The summed E-state index contributed by atoms with van der Waals surface area (Å²) in [5.41, 5.74) is 0. The predicted octanol–water partition coefficient (Wildman–Crippen LogP) is 4.00. The van der Waals surface area contributed by atoms with E-state index in [0.717, 1.165) is 38.5 Å². The van der Waals surface area contributed by atoms with Crippen molar-refractivity contribution in [3.05, 3.63) is 10.1 Å². The lowest BCUT2D eigenvalue weighted by molar-refractivity contribution is -0.489. The molecule has 0 radical (unpaired) electrons. The number of carbonyl (C=O) groups excluding carboxylic acids is 1. The molecule has 1 fully saturated rings. The van der Waals surface area contributed by atoms with Crippen LogP contribution in [0.25, 0.3) is 0 Å². The van der Waals surface area contributed by atoms with Crippen molar-refractivity contribution in [2.45, 2.75) is 71.1 Å². The zero-order chi connectivity index (χ0) is 14.1. The summed E-state index contributed by atoms with van der Waals surface area (Å²) in [6, 6.07) is 0. The summed E-state index contributed by atoms with van der Waals surface area (Å²) in [5.74, 6) is 0.210. The van der Waals surface area contributed by atoms with E-state index >= 15 is 0 Å². The summed E-state index contributed by atoms with van der Waals surface area (Å²) in [7, 11) is 0. The van der Waals surface area contributed by atoms with Gasteiger partial charge in [0.1, 0.15) is 5.78 Å². The molecule has 1 aliphatic rings. The summed E-state index contributed by atoms with van der Waals surface area (Å²) in [6.45, 7) is 2.15. The summed E-state index contributed by atoms with van der Waals surface area (Å²) < 4.78 is 0. The van der Waals surface area contributed by atoms with E-state index in [1.165, 1.54) is 19.3 Å². The second kappa shape index (κ2) is 9.05. The minimum absolute atomic E-state index is 0.0236. The molecule has 1 rings (SSSR count). The zero-order valence-corrected chi connectivity index (χ0v) is 12.1. The van der Waals surface area contributed by atoms with Gasteiger partial charge in [-0.25, -0.2) is 0 Å². The average Bonchev–Trinajstić information content (AvgIpc) is 2.37. The number of carbonyl (C=O) groups is 1. The molecule has 1 aliphatic carbocycles. The van der Waals surface area contributed by atoms with Gasteiger partial charge >= 0.3 is 0 Å². The Morgan fingerprint density at radius 3 is 2.63 bits per heavy atom. The van der Waals surface area contributed by atoms with Crippen LogP contribution in [-0.2, 0) is 4.79 Å². The number of rotatable bonds is 9. The highest BCUT2D eigenvalue weighted by molar-refractivity contribution is 5.81. The van der Waals surface area contributed by atoms with Gasteiger partial charge in [0.2, 0.25) is 6.54 Å². The van der Waals surface area contributed by atoms with Crippen LogP contribution in [0.15, 0.2) is 0 Å². The van der Waals surface area contributed by atoms with Crippen LogP contribution in [0.4, 0.5) is 0 Å². The highest BCUT2D eigenvalue weighted by Crippen LogP contribution is 2.30. The first-order valence-electron chi connectivity index (χ1n) is 7.79. The Bertz CT molecular complexity index is 291. The van der Waals surface area contributed by atoms with Gasteiger partial charge in [0.25, 0.3) is 0 Å². The van der Waals surface area contributed by atoms with E-state index < -0.39 is 0 Å². The minimum atomic E-state index is -0.238. The third-order valence-corrected chi connectivity index (χ3v) is 4.23. The van der Waals surface area contributed by atoms with E-state index in [1.54, 1.807) is 0 Å². The maximum Gasteiger partial charge on any atom is 0.207 e. The van der Waals surface area contributed by atoms with Crippen LogP contribution in [-0.4, -0.2) is 17.3 Å². The molecule has 110 valence electrons. The SMILES string of the molecule is CCCCCCC[C@H](C[N+](=O)[O-])[C@@H]1CCCCC1=O. The monoisotopic (exact) mass is 269 g/mol. The standard InChI is InChI=1S/C15H27NO3/c1-2-3-4-5-6-9-13(12-16(18)19)14-10-7-8-11-15(14)17/h13-14H,2-12H2,1H3/t13-,14+/m1/s1. The van der Waals surface area contributed by atoms with Crippen LogP contribution in [0.1, 0.15) is 71.1 Å². The van der Waals surface area contributed by atoms with Gasteiger partial charge in [-0.15, -0.1) is 0 Å². The Labute approximate surface area is 116 Å². The van der Waals surface area contributed by atoms with Gasteiger partial charge in [0.15, 0.2) is 0 Å². The van der Waals surface area contributed by atoms with Crippen LogP contribution >= 0.6 is 0 Å². The van der Waals surface area contributed by atoms with Crippen molar-refractivity contribution in [2.24, 2.45) is 11.8 Å². The fourth-order valence-electron chi connectivity index (χ4n) is 3.13. The van der Waals surface area contributed by atoms with Crippen LogP contribution in [0, 0.1) is 22.0 Å². The van der Waals surface area contributed by atoms with Gasteiger partial charge in [-0.1, -0.05) is 45.4 Å². The molecular formula is C15H27NO3. The van der Waals surface area contributed by atoms with E-state index in [4.69, 9.17) is 0 Å². The molecule has 0 aromatic rings. The van der Waals surface area contributed by atoms with Crippen molar-refractivity contribution < 1.29 is 9.72 Å². The third kappa shape index (κ3) is 6.17. The number of nitrogens with zero attached hydrogens (tertiary/aromatic N) is 1. The fourth-order valence-corrected chi connectivity index (χ4v) is 3.13. The number of hydrogen-bond acceptors (Lipinski definition) is 3. The first-order valence-corrected chi connectivity index (χ1v) is 7.79. The van der Waals surface area contributed by atoms with Gasteiger partial charge in [-0.3, -0.25) is 14.9 Å². The van der Waals surface area contributed by atoms with E-state index in [0.29, 0.717) is 6.42 Å². The number of ketones is 1. The van der Waals surface area contributed by atoms with Gasteiger partial charge in [-0.2, -0.15) is 0 Å². The fraction of sp³-hybridized carbons (Fsp3) is 0.933. The molecule has 4 heteroatoms. The third-order valence-electron chi connectivity index (χ3n) is 4.23. The van der Waals surface area contributed by atoms with Crippen molar-refractivity contribution in [3.8, 4) is 0 Å². The second-order valence-electron chi connectivity index (χ2n) is 5.80. The molecule has 4 nitrogen and oxygen atoms in total. The van der Waals surface area contributed by atoms with Gasteiger partial charge in [0, 0.05) is 23.2 Å². The Hall–Kier alpha value is -0.930. The Morgan fingerprint density at radius 2 is 2.00 bits per heavy atom. The average molecular weight is 269 g/mol. The normalized spacial score (nSPS) is 21.3. The molecule has 19 heavy (non-hydrogen) atoms. The summed E-state index contributed by atoms with van der Waals surface area (Å²) in [4.78, 5) is 22.5. The van der Waals surface area contributed by atoms with Gasteiger partial charge in [-0.05, 0) is 19.3 Å². The topological polar surface area (TPSA) is 60.2 Å². The van der Waals surface area contributed by atoms with Crippen LogP contribution in [0.2, 0.25) is 0 Å². The smallest absolute Gasteiger partial charge is 0.207 e. The van der Waals surface area contributed by atoms with Crippen LogP contribution in [0.3, 0.4) is 0 Å². The molecule has 0 unspecified atom stereocenters. The zero-order valence-electron chi connectivity index (χ0n) is 12.1. The maximum atomic E-state index is 11.9. The molecule has 0 heterocycles. The van der Waals surface area contributed by atoms with Crippen LogP contribution < -0.4 is 0 Å². The molecule has 0 saturated heterocycles. The largest absolute Gasteiger partial charge is 0.299 e. The molecule has 0 spiro atoms. The maximum absolute atomic E-state index is 11.9. The number of nitro groups is 1. The van der Waals surface area contributed by atoms with Crippen LogP contribution in [0.5, 0.6) is 0 Å². The lowest BCUT2D eigenvalue weighted by Gasteiger charge is -2.26. The minimum Gasteiger partial charge on any atom is -0.299 e. The van der Waals surface area contributed by atoms with E-state index in [2.05, 4.69) is 6.92 Å². The molecule has 0 aromatic heterocycles. The number of unbranched alkanes of at least 4 members (excludes halogenated alkanes) is 4. The molecule has 0 bridgehead atoms. The summed E-state index contributed by atoms with van der Waals surface area (Å²) in [6.07, 6.45) is 10.2.